The molecule has 2 heterocycles. The first-order chi connectivity index (χ1) is 12.6. The molecular formula is C19H20BrN5S. The highest BCUT2D eigenvalue weighted by Gasteiger charge is 2.31. The summed E-state index contributed by atoms with van der Waals surface area (Å²) in [6.45, 7) is 2.15. The molecule has 26 heavy (non-hydrogen) atoms. The average Bonchev–Trinajstić information content (AvgIpc) is 3.28. The first kappa shape index (κ1) is 17.6. The smallest absolute Gasteiger partial charge is 0.195 e. The maximum Gasteiger partial charge on any atom is 0.195 e. The van der Waals surface area contributed by atoms with Gasteiger partial charge in [0.25, 0.3) is 0 Å². The van der Waals surface area contributed by atoms with Crippen LogP contribution in [0.4, 0.5) is 0 Å². The molecule has 1 aromatic heterocycles. The van der Waals surface area contributed by atoms with Gasteiger partial charge in [-0.25, -0.2) is 10.9 Å². The van der Waals surface area contributed by atoms with Gasteiger partial charge in [0, 0.05) is 10.5 Å². The molecule has 3 N–H and O–H groups in total. The molecule has 0 bridgehead atoms. The Hall–Kier alpha value is -1.80. The van der Waals surface area contributed by atoms with E-state index in [2.05, 4.69) is 78.8 Å². The van der Waals surface area contributed by atoms with Crippen LogP contribution in [-0.4, -0.2) is 14.8 Å². The van der Waals surface area contributed by atoms with Crippen molar-refractivity contribution in [3.63, 3.8) is 0 Å². The molecule has 4 rings (SSSR count). The molecule has 3 unspecified atom stereocenters. The number of halogens is 1. The summed E-state index contributed by atoms with van der Waals surface area (Å²) >= 11 is 9.06. The van der Waals surface area contributed by atoms with Crippen molar-refractivity contribution in [1.29, 1.82) is 0 Å². The zero-order chi connectivity index (χ0) is 18.1. The van der Waals surface area contributed by atoms with E-state index in [1.807, 2.05) is 24.3 Å². The van der Waals surface area contributed by atoms with Gasteiger partial charge in [-0.05, 0) is 48.8 Å². The SMILES string of the molecule is CC(c1ccccc1)n1c(C2CC(c3cccc(Br)c3)NN2)n[nH]c1=S. The largest absolute Gasteiger partial charge is 0.295 e. The predicted octanol–water partition coefficient (Wildman–Crippen LogP) is 4.59. The fraction of sp³-hybridized carbons (Fsp3) is 0.263. The van der Waals surface area contributed by atoms with Gasteiger partial charge >= 0.3 is 0 Å². The summed E-state index contributed by atoms with van der Waals surface area (Å²) in [4.78, 5) is 0. The molecule has 1 aliphatic rings. The second-order valence-electron chi connectivity index (χ2n) is 6.53. The van der Waals surface area contributed by atoms with Crippen LogP contribution >= 0.6 is 28.1 Å². The van der Waals surface area contributed by atoms with Gasteiger partial charge in [-0.15, -0.1) is 0 Å². The zero-order valence-electron chi connectivity index (χ0n) is 14.3. The first-order valence-electron chi connectivity index (χ1n) is 8.62. The van der Waals surface area contributed by atoms with Crippen LogP contribution in [0.3, 0.4) is 0 Å². The standard InChI is InChI=1S/C19H20BrN5S/c1-12(13-6-3-2-4-7-13)25-18(23-24-19(25)26)17-11-16(21-22-17)14-8-5-9-15(20)10-14/h2-10,12,16-17,21-22H,11H2,1H3,(H,24,26). The highest BCUT2D eigenvalue weighted by molar-refractivity contribution is 9.10. The second-order valence-corrected chi connectivity index (χ2v) is 7.83. The van der Waals surface area contributed by atoms with Crippen molar-refractivity contribution in [2.24, 2.45) is 0 Å². The van der Waals surface area contributed by atoms with Crippen molar-refractivity contribution >= 4 is 28.1 Å². The zero-order valence-corrected chi connectivity index (χ0v) is 16.7. The molecule has 3 atom stereocenters. The molecule has 0 radical (unpaired) electrons. The summed E-state index contributed by atoms with van der Waals surface area (Å²) in [6.07, 6.45) is 0.900. The Balaban J connectivity index is 1.61. The summed E-state index contributed by atoms with van der Waals surface area (Å²) in [6, 6.07) is 19.2. The van der Waals surface area contributed by atoms with E-state index in [9.17, 15) is 0 Å². The lowest BCUT2D eigenvalue weighted by Gasteiger charge is -2.18. The number of hydrogen-bond donors (Lipinski definition) is 3. The van der Waals surface area contributed by atoms with E-state index in [4.69, 9.17) is 12.2 Å². The molecule has 0 saturated carbocycles. The molecule has 1 aliphatic heterocycles. The van der Waals surface area contributed by atoms with E-state index in [1.54, 1.807) is 0 Å². The van der Waals surface area contributed by atoms with Crippen molar-refractivity contribution < 1.29 is 0 Å². The summed E-state index contributed by atoms with van der Waals surface area (Å²) in [5.74, 6) is 0.927. The molecule has 1 fully saturated rings. The number of H-pyrrole nitrogens is 1. The van der Waals surface area contributed by atoms with Gasteiger partial charge in [-0.1, -0.05) is 58.4 Å². The van der Waals surface area contributed by atoms with Gasteiger partial charge in [-0.2, -0.15) is 5.10 Å². The van der Waals surface area contributed by atoms with Crippen LogP contribution in [0.1, 0.15) is 48.4 Å². The Kier molecular flexibility index (Phi) is 5.04. The van der Waals surface area contributed by atoms with Crippen LogP contribution in [0, 0.1) is 4.77 Å². The van der Waals surface area contributed by atoms with Crippen LogP contribution in [0.5, 0.6) is 0 Å². The maximum atomic E-state index is 5.52. The lowest BCUT2D eigenvalue weighted by atomic mass is 10.0. The van der Waals surface area contributed by atoms with Crippen molar-refractivity contribution in [2.45, 2.75) is 31.5 Å². The average molecular weight is 430 g/mol. The molecule has 0 spiro atoms. The molecule has 0 aliphatic carbocycles. The van der Waals surface area contributed by atoms with E-state index in [-0.39, 0.29) is 18.1 Å². The summed E-state index contributed by atoms with van der Waals surface area (Å²) < 4.78 is 3.83. The minimum atomic E-state index is 0.0816. The molecule has 1 saturated heterocycles. The Bertz CT molecular complexity index is 952. The third kappa shape index (κ3) is 3.40. The third-order valence-electron chi connectivity index (χ3n) is 4.87. The van der Waals surface area contributed by atoms with E-state index < -0.39 is 0 Å². The van der Waals surface area contributed by atoms with Gasteiger partial charge < -0.3 is 0 Å². The molecular weight excluding hydrogens is 410 g/mol. The topological polar surface area (TPSA) is 57.7 Å². The van der Waals surface area contributed by atoms with Crippen LogP contribution in [-0.2, 0) is 0 Å². The van der Waals surface area contributed by atoms with Crippen molar-refractivity contribution in [3.05, 3.63) is 80.8 Å². The minimum Gasteiger partial charge on any atom is -0.295 e. The number of aromatic nitrogens is 3. The number of benzene rings is 2. The minimum absolute atomic E-state index is 0.0816. The highest BCUT2D eigenvalue weighted by Crippen LogP contribution is 2.32. The fourth-order valence-corrected chi connectivity index (χ4v) is 4.20. The Morgan fingerprint density at radius 1 is 1.12 bits per heavy atom. The van der Waals surface area contributed by atoms with Crippen LogP contribution < -0.4 is 10.9 Å². The van der Waals surface area contributed by atoms with E-state index in [0.717, 1.165) is 16.7 Å². The molecule has 0 amide bonds. The van der Waals surface area contributed by atoms with Crippen molar-refractivity contribution in [3.8, 4) is 0 Å². The molecule has 2 aromatic carbocycles. The van der Waals surface area contributed by atoms with E-state index in [0.29, 0.717) is 4.77 Å². The Morgan fingerprint density at radius 2 is 1.88 bits per heavy atom. The summed E-state index contributed by atoms with van der Waals surface area (Å²) in [5.41, 5.74) is 9.23. The van der Waals surface area contributed by atoms with Crippen molar-refractivity contribution in [2.75, 3.05) is 0 Å². The van der Waals surface area contributed by atoms with Crippen LogP contribution in [0.15, 0.2) is 59.1 Å². The highest BCUT2D eigenvalue weighted by atomic mass is 79.9. The van der Waals surface area contributed by atoms with Gasteiger partial charge in [0.05, 0.1) is 12.1 Å². The predicted molar refractivity (Wildman–Crippen MR) is 108 cm³/mol. The van der Waals surface area contributed by atoms with Gasteiger partial charge in [0.1, 0.15) is 0 Å². The van der Waals surface area contributed by atoms with Crippen LogP contribution in [0.2, 0.25) is 0 Å². The molecule has 5 nitrogen and oxygen atoms in total. The van der Waals surface area contributed by atoms with Gasteiger partial charge in [0.15, 0.2) is 10.6 Å². The number of nitrogens with zero attached hydrogens (tertiary/aromatic N) is 2. The Labute approximate surface area is 165 Å². The number of hydrazine groups is 1. The van der Waals surface area contributed by atoms with Gasteiger partial charge in [0.2, 0.25) is 0 Å². The Morgan fingerprint density at radius 3 is 2.65 bits per heavy atom. The maximum absolute atomic E-state index is 5.52. The van der Waals surface area contributed by atoms with Gasteiger partial charge in [-0.3, -0.25) is 9.67 Å². The van der Waals surface area contributed by atoms with E-state index >= 15 is 0 Å². The molecule has 7 heteroatoms. The van der Waals surface area contributed by atoms with Crippen molar-refractivity contribution in [1.82, 2.24) is 25.6 Å². The number of aromatic amines is 1. The quantitative estimate of drug-likeness (QED) is 0.530. The molecule has 3 aromatic rings. The monoisotopic (exact) mass is 429 g/mol. The molecule has 134 valence electrons. The fourth-order valence-electron chi connectivity index (χ4n) is 3.49. The van der Waals surface area contributed by atoms with E-state index in [1.165, 1.54) is 11.1 Å². The first-order valence-corrected chi connectivity index (χ1v) is 9.82. The lowest BCUT2D eigenvalue weighted by molar-refractivity contribution is 0.497. The normalized spacial score (nSPS) is 21.0. The second kappa shape index (κ2) is 7.44. The number of nitrogens with one attached hydrogen (secondary N) is 3. The summed E-state index contributed by atoms with van der Waals surface area (Å²) in [7, 11) is 0. The third-order valence-corrected chi connectivity index (χ3v) is 5.65. The lowest BCUT2D eigenvalue weighted by Crippen LogP contribution is -2.28. The number of rotatable bonds is 4. The summed E-state index contributed by atoms with van der Waals surface area (Å²) in [5, 5.41) is 7.49. The number of hydrogen-bond acceptors (Lipinski definition) is 4. The van der Waals surface area contributed by atoms with Crippen LogP contribution in [0.25, 0.3) is 0 Å².